The predicted molar refractivity (Wildman–Crippen MR) is 89.9 cm³/mol. The SMILES string of the molecule is O=S(=O)(c1ccc(-c2cnco2)cc1)N1CC[C@]2(CCCNC2)C1. The highest BCUT2D eigenvalue weighted by molar-refractivity contribution is 7.89. The average molecular weight is 347 g/mol. The first kappa shape index (κ1) is 15.8. The number of sulfonamides is 1. The third-order valence-electron chi connectivity index (χ3n) is 5.17. The molecule has 0 unspecified atom stereocenters. The van der Waals surface area contributed by atoms with Gasteiger partial charge in [0.05, 0.1) is 11.1 Å². The first-order valence-corrected chi connectivity index (χ1v) is 9.73. The molecule has 0 saturated carbocycles. The number of nitrogens with zero attached hydrogens (tertiary/aromatic N) is 2. The summed E-state index contributed by atoms with van der Waals surface area (Å²) in [6.45, 7) is 3.18. The third-order valence-corrected chi connectivity index (χ3v) is 7.03. The lowest BCUT2D eigenvalue weighted by molar-refractivity contribution is 0.224. The molecule has 1 spiro atoms. The van der Waals surface area contributed by atoms with E-state index >= 15 is 0 Å². The summed E-state index contributed by atoms with van der Waals surface area (Å²) in [5.74, 6) is 0.632. The first-order chi connectivity index (χ1) is 11.6. The Hall–Kier alpha value is -1.70. The van der Waals surface area contributed by atoms with Gasteiger partial charge in [0.15, 0.2) is 12.2 Å². The minimum absolute atomic E-state index is 0.116. The van der Waals surface area contributed by atoms with Gasteiger partial charge in [-0.3, -0.25) is 0 Å². The van der Waals surface area contributed by atoms with E-state index in [0.29, 0.717) is 23.7 Å². The summed E-state index contributed by atoms with van der Waals surface area (Å²) in [5.41, 5.74) is 0.936. The largest absolute Gasteiger partial charge is 0.444 e. The fraction of sp³-hybridized carbons (Fsp3) is 0.471. The Balaban J connectivity index is 1.55. The molecule has 7 heteroatoms. The zero-order valence-corrected chi connectivity index (χ0v) is 14.3. The second-order valence-electron chi connectivity index (χ2n) is 6.76. The molecule has 0 radical (unpaired) electrons. The fourth-order valence-corrected chi connectivity index (χ4v) is 5.33. The van der Waals surface area contributed by atoms with E-state index in [2.05, 4.69) is 10.3 Å². The van der Waals surface area contributed by atoms with Gasteiger partial charge in [-0.05, 0) is 55.5 Å². The molecular formula is C17H21N3O3S. The summed E-state index contributed by atoms with van der Waals surface area (Å²) in [6.07, 6.45) is 6.15. The number of aromatic nitrogens is 1. The molecule has 6 nitrogen and oxygen atoms in total. The van der Waals surface area contributed by atoms with Gasteiger partial charge in [0.2, 0.25) is 10.0 Å². The highest BCUT2D eigenvalue weighted by Crippen LogP contribution is 2.38. The molecule has 128 valence electrons. The lowest BCUT2D eigenvalue weighted by Crippen LogP contribution is -2.42. The van der Waals surface area contributed by atoms with E-state index in [-0.39, 0.29) is 5.41 Å². The van der Waals surface area contributed by atoms with Gasteiger partial charge in [0, 0.05) is 25.2 Å². The number of piperidine rings is 1. The molecule has 1 aromatic heterocycles. The average Bonchev–Trinajstić information content (AvgIpc) is 3.27. The van der Waals surface area contributed by atoms with Crippen molar-refractivity contribution >= 4 is 10.0 Å². The van der Waals surface area contributed by atoms with Gasteiger partial charge in [0.25, 0.3) is 0 Å². The van der Waals surface area contributed by atoms with Crippen molar-refractivity contribution < 1.29 is 12.8 Å². The maximum atomic E-state index is 12.9. The van der Waals surface area contributed by atoms with E-state index in [1.807, 2.05) is 0 Å². The molecule has 1 N–H and O–H groups in total. The van der Waals surface area contributed by atoms with Crippen LogP contribution >= 0.6 is 0 Å². The summed E-state index contributed by atoms with van der Waals surface area (Å²) in [5, 5.41) is 3.41. The van der Waals surface area contributed by atoms with E-state index in [1.165, 1.54) is 6.39 Å². The van der Waals surface area contributed by atoms with E-state index in [0.717, 1.165) is 37.9 Å². The number of rotatable bonds is 3. The molecule has 4 rings (SSSR count). The van der Waals surface area contributed by atoms with Gasteiger partial charge in [-0.2, -0.15) is 4.31 Å². The molecule has 2 aliphatic heterocycles. The van der Waals surface area contributed by atoms with Crippen LogP contribution in [0.3, 0.4) is 0 Å². The van der Waals surface area contributed by atoms with Crippen LogP contribution in [0.4, 0.5) is 0 Å². The molecule has 2 aliphatic rings. The second kappa shape index (κ2) is 5.98. The van der Waals surface area contributed by atoms with E-state index in [9.17, 15) is 8.42 Å². The monoisotopic (exact) mass is 347 g/mol. The van der Waals surface area contributed by atoms with Gasteiger partial charge < -0.3 is 9.73 Å². The maximum Gasteiger partial charge on any atom is 0.243 e. The van der Waals surface area contributed by atoms with E-state index < -0.39 is 10.0 Å². The number of hydrogen-bond acceptors (Lipinski definition) is 5. The van der Waals surface area contributed by atoms with Crippen LogP contribution in [-0.2, 0) is 10.0 Å². The van der Waals surface area contributed by atoms with E-state index in [4.69, 9.17) is 4.42 Å². The van der Waals surface area contributed by atoms with Crippen molar-refractivity contribution in [2.24, 2.45) is 5.41 Å². The van der Waals surface area contributed by atoms with Crippen molar-refractivity contribution in [1.29, 1.82) is 0 Å². The van der Waals surface area contributed by atoms with Crippen LogP contribution in [0.15, 0.2) is 46.2 Å². The van der Waals surface area contributed by atoms with Gasteiger partial charge in [-0.25, -0.2) is 13.4 Å². The molecule has 0 bridgehead atoms. The van der Waals surface area contributed by atoms with Crippen molar-refractivity contribution in [3.63, 3.8) is 0 Å². The van der Waals surface area contributed by atoms with Crippen LogP contribution in [0.1, 0.15) is 19.3 Å². The van der Waals surface area contributed by atoms with Crippen LogP contribution in [0, 0.1) is 5.41 Å². The lowest BCUT2D eigenvalue weighted by atomic mass is 9.80. The first-order valence-electron chi connectivity index (χ1n) is 8.29. The summed E-state index contributed by atoms with van der Waals surface area (Å²) in [7, 11) is -3.44. The summed E-state index contributed by atoms with van der Waals surface area (Å²) in [6, 6.07) is 6.83. The Bertz CT molecular complexity index is 794. The molecule has 3 heterocycles. The summed E-state index contributed by atoms with van der Waals surface area (Å²) in [4.78, 5) is 4.22. The van der Waals surface area contributed by atoms with Crippen molar-refractivity contribution in [3.8, 4) is 11.3 Å². The normalized spacial score (nSPS) is 25.3. The Labute approximate surface area is 141 Å². The Kier molecular flexibility index (Phi) is 3.94. The third kappa shape index (κ3) is 2.76. The lowest BCUT2D eigenvalue weighted by Gasteiger charge is -2.33. The molecule has 0 amide bonds. The number of hydrogen-bond donors (Lipinski definition) is 1. The zero-order chi connectivity index (χ0) is 16.6. The van der Waals surface area contributed by atoms with Crippen molar-refractivity contribution in [2.45, 2.75) is 24.2 Å². The minimum atomic E-state index is -3.44. The topological polar surface area (TPSA) is 75.4 Å². The van der Waals surface area contributed by atoms with Gasteiger partial charge in [-0.1, -0.05) is 0 Å². The predicted octanol–water partition coefficient (Wildman–Crippen LogP) is 2.11. The molecule has 0 aliphatic carbocycles. The summed E-state index contributed by atoms with van der Waals surface area (Å²) >= 11 is 0. The highest BCUT2D eigenvalue weighted by Gasteiger charge is 2.43. The highest BCUT2D eigenvalue weighted by atomic mass is 32.2. The molecular weight excluding hydrogens is 326 g/mol. The van der Waals surface area contributed by atoms with Gasteiger partial charge in [0.1, 0.15) is 0 Å². The quantitative estimate of drug-likeness (QED) is 0.920. The van der Waals surface area contributed by atoms with Crippen LogP contribution in [0.25, 0.3) is 11.3 Å². The second-order valence-corrected chi connectivity index (χ2v) is 8.70. The minimum Gasteiger partial charge on any atom is -0.444 e. The summed E-state index contributed by atoms with van der Waals surface area (Å²) < 4.78 is 32.7. The van der Waals surface area contributed by atoms with E-state index in [1.54, 1.807) is 34.8 Å². The van der Waals surface area contributed by atoms with Crippen molar-refractivity contribution in [2.75, 3.05) is 26.2 Å². The van der Waals surface area contributed by atoms with Gasteiger partial charge in [-0.15, -0.1) is 0 Å². The molecule has 1 atom stereocenters. The van der Waals surface area contributed by atoms with Crippen molar-refractivity contribution in [3.05, 3.63) is 36.9 Å². The maximum absolute atomic E-state index is 12.9. The molecule has 2 fully saturated rings. The Morgan fingerprint density at radius 1 is 1.21 bits per heavy atom. The van der Waals surface area contributed by atoms with Gasteiger partial charge >= 0.3 is 0 Å². The smallest absolute Gasteiger partial charge is 0.243 e. The van der Waals surface area contributed by atoms with Crippen molar-refractivity contribution in [1.82, 2.24) is 14.6 Å². The molecule has 2 aromatic rings. The standard InChI is InChI=1S/C17H21N3O3S/c21-24(22,20-9-7-17(12-20)6-1-8-18-11-17)15-4-2-14(3-5-15)16-10-19-13-23-16/h2-5,10,13,18H,1,6-9,11-12H2/t17-/m0/s1. The van der Waals surface area contributed by atoms with Crippen LogP contribution in [0.5, 0.6) is 0 Å². The van der Waals surface area contributed by atoms with Crippen LogP contribution in [-0.4, -0.2) is 43.9 Å². The number of benzene rings is 1. The number of nitrogens with one attached hydrogen (secondary N) is 1. The molecule has 1 aromatic carbocycles. The fourth-order valence-electron chi connectivity index (χ4n) is 3.78. The zero-order valence-electron chi connectivity index (χ0n) is 13.4. The number of oxazole rings is 1. The Morgan fingerprint density at radius 2 is 2.04 bits per heavy atom. The van der Waals surface area contributed by atoms with Crippen LogP contribution in [0.2, 0.25) is 0 Å². The Morgan fingerprint density at radius 3 is 2.71 bits per heavy atom. The molecule has 24 heavy (non-hydrogen) atoms. The van der Waals surface area contributed by atoms with Crippen LogP contribution < -0.4 is 5.32 Å². The molecule has 2 saturated heterocycles.